The third-order valence-corrected chi connectivity index (χ3v) is 2.93. The Morgan fingerprint density at radius 3 is 3.05 bits per heavy atom. The van der Waals surface area contributed by atoms with E-state index in [1.54, 1.807) is 6.07 Å². The van der Waals surface area contributed by atoms with Gasteiger partial charge in [-0.25, -0.2) is 4.98 Å². The Bertz CT molecular complexity index is 514. The number of ether oxygens (including phenoxy) is 1. The molecule has 0 aliphatic carbocycles. The summed E-state index contributed by atoms with van der Waals surface area (Å²) in [5.41, 5.74) is 0.843. The summed E-state index contributed by atoms with van der Waals surface area (Å²) in [4.78, 5) is 4.07. The molecule has 0 atom stereocenters. The highest BCUT2D eigenvalue weighted by atomic mass is 16.5. The van der Waals surface area contributed by atoms with Gasteiger partial charge >= 0.3 is 0 Å². The molecule has 0 saturated carbocycles. The molecule has 1 aromatic carbocycles. The lowest BCUT2D eigenvalue weighted by molar-refractivity contribution is 0.316. The van der Waals surface area contributed by atoms with E-state index in [2.05, 4.69) is 20.5 Å². The maximum Gasteiger partial charge on any atom is 0.162 e. The van der Waals surface area contributed by atoms with E-state index >= 15 is 0 Å². The van der Waals surface area contributed by atoms with E-state index in [0.29, 0.717) is 18.9 Å². The number of aromatic amines is 1. The zero-order valence-electron chi connectivity index (χ0n) is 11.6. The van der Waals surface area contributed by atoms with Crippen LogP contribution in [0.3, 0.4) is 0 Å². The smallest absolute Gasteiger partial charge is 0.162 e. The molecule has 0 fully saturated rings. The van der Waals surface area contributed by atoms with E-state index in [0.717, 1.165) is 30.8 Å². The molecule has 1 aromatic heterocycles. The van der Waals surface area contributed by atoms with Gasteiger partial charge in [0.1, 0.15) is 12.2 Å². The van der Waals surface area contributed by atoms with E-state index in [1.807, 2.05) is 19.1 Å². The molecule has 0 saturated heterocycles. The number of aromatic hydroxyl groups is 1. The number of H-pyrrole nitrogens is 1. The molecular weight excluding hydrogens is 256 g/mol. The Hall–Kier alpha value is -2.08. The molecule has 0 amide bonds. The second-order valence-electron chi connectivity index (χ2n) is 4.41. The fourth-order valence-electron chi connectivity index (χ4n) is 1.94. The fraction of sp³-hybridized carbons (Fsp3) is 0.429. The third-order valence-electron chi connectivity index (χ3n) is 2.93. The molecule has 1 heterocycles. The Morgan fingerprint density at radius 2 is 2.30 bits per heavy atom. The molecule has 3 N–H and O–H groups in total. The number of benzene rings is 1. The molecule has 0 spiro atoms. The summed E-state index contributed by atoms with van der Waals surface area (Å²) >= 11 is 0. The van der Waals surface area contributed by atoms with Gasteiger partial charge in [-0.15, -0.1) is 0 Å². The van der Waals surface area contributed by atoms with Crippen molar-refractivity contribution < 1.29 is 9.84 Å². The molecule has 0 unspecified atom stereocenters. The van der Waals surface area contributed by atoms with Crippen molar-refractivity contribution in [2.24, 2.45) is 0 Å². The van der Waals surface area contributed by atoms with Crippen molar-refractivity contribution in [1.29, 1.82) is 0 Å². The highest BCUT2D eigenvalue weighted by molar-refractivity contribution is 5.45. The predicted molar refractivity (Wildman–Crippen MR) is 75.7 cm³/mol. The normalized spacial score (nSPS) is 10.7. The first kappa shape index (κ1) is 14.3. The molecule has 0 radical (unpaired) electrons. The number of para-hydroxylation sites is 1. The number of hydrogen-bond donors (Lipinski definition) is 3. The molecule has 0 bridgehead atoms. The van der Waals surface area contributed by atoms with Crippen LogP contribution < -0.4 is 10.1 Å². The van der Waals surface area contributed by atoms with Crippen molar-refractivity contribution in [1.82, 2.24) is 20.5 Å². The summed E-state index contributed by atoms with van der Waals surface area (Å²) < 4.78 is 5.36. The lowest BCUT2D eigenvalue weighted by atomic mass is 10.2. The minimum atomic E-state index is 0.220. The Morgan fingerprint density at radius 1 is 1.40 bits per heavy atom. The van der Waals surface area contributed by atoms with E-state index in [1.165, 1.54) is 6.33 Å². The van der Waals surface area contributed by atoms with Crippen LogP contribution in [-0.4, -0.2) is 33.4 Å². The zero-order valence-corrected chi connectivity index (χ0v) is 11.6. The molecule has 108 valence electrons. The second-order valence-corrected chi connectivity index (χ2v) is 4.41. The quantitative estimate of drug-likeness (QED) is 0.638. The van der Waals surface area contributed by atoms with Crippen LogP contribution >= 0.6 is 0 Å². The molecule has 2 rings (SSSR count). The lowest BCUT2D eigenvalue weighted by Gasteiger charge is -2.10. The molecular formula is C14H20N4O2. The minimum Gasteiger partial charge on any atom is -0.504 e. The van der Waals surface area contributed by atoms with Gasteiger partial charge in [0.05, 0.1) is 6.61 Å². The number of rotatable bonds is 8. The highest BCUT2D eigenvalue weighted by Crippen LogP contribution is 2.29. The second kappa shape index (κ2) is 7.49. The average molecular weight is 276 g/mol. The summed E-state index contributed by atoms with van der Waals surface area (Å²) in [6.07, 6.45) is 3.33. The summed E-state index contributed by atoms with van der Waals surface area (Å²) in [6, 6.07) is 5.55. The van der Waals surface area contributed by atoms with E-state index < -0.39 is 0 Å². The van der Waals surface area contributed by atoms with Crippen LogP contribution in [0.5, 0.6) is 11.5 Å². The first-order valence-corrected chi connectivity index (χ1v) is 6.80. The van der Waals surface area contributed by atoms with Gasteiger partial charge in [-0.3, -0.25) is 5.10 Å². The van der Waals surface area contributed by atoms with Crippen LogP contribution in [-0.2, 0) is 13.0 Å². The first-order chi connectivity index (χ1) is 9.81. The molecule has 2 aromatic rings. The van der Waals surface area contributed by atoms with Crippen molar-refractivity contribution in [2.45, 2.75) is 26.3 Å². The van der Waals surface area contributed by atoms with Gasteiger partial charge in [0.15, 0.2) is 11.5 Å². The molecule has 20 heavy (non-hydrogen) atoms. The Balaban J connectivity index is 1.75. The van der Waals surface area contributed by atoms with Gasteiger partial charge in [-0.1, -0.05) is 12.1 Å². The standard InChI is InChI=1S/C14H20N4O2/c1-2-20-12-6-3-5-11(14(12)19)9-15-8-4-7-13-16-10-17-18-13/h3,5-6,10,15,19H,2,4,7-9H2,1H3,(H,16,17,18). The molecule has 0 aliphatic rings. The van der Waals surface area contributed by atoms with Crippen LogP contribution in [0.1, 0.15) is 24.7 Å². The number of phenols is 1. The van der Waals surface area contributed by atoms with Crippen LogP contribution in [0, 0.1) is 0 Å². The summed E-state index contributed by atoms with van der Waals surface area (Å²) in [6.45, 7) is 3.90. The van der Waals surface area contributed by atoms with Crippen molar-refractivity contribution in [3.63, 3.8) is 0 Å². The zero-order chi connectivity index (χ0) is 14.2. The van der Waals surface area contributed by atoms with Gasteiger partial charge in [0.2, 0.25) is 0 Å². The maximum absolute atomic E-state index is 10.0. The number of aryl methyl sites for hydroxylation is 1. The average Bonchev–Trinajstić information content (AvgIpc) is 2.96. The minimum absolute atomic E-state index is 0.220. The number of phenolic OH excluding ortho intramolecular Hbond substituents is 1. The van der Waals surface area contributed by atoms with Crippen LogP contribution in [0.25, 0.3) is 0 Å². The van der Waals surface area contributed by atoms with Crippen molar-refractivity contribution in [2.75, 3.05) is 13.2 Å². The van der Waals surface area contributed by atoms with E-state index in [-0.39, 0.29) is 5.75 Å². The number of hydrogen-bond acceptors (Lipinski definition) is 5. The van der Waals surface area contributed by atoms with Crippen molar-refractivity contribution in [3.05, 3.63) is 35.9 Å². The molecule has 0 aliphatic heterocycles. The Kier molecular flexibility index (Phi) is 5.37. The first-order valence-electron chi connectivity index (χ1n) is 6.80. The summed E-state index contributed by atoms with van der Waals surface area (Å²) in [5, 5.41) is 20.0. The van der Waals surface area contributed by atoms with Gasteiger partial charge in [-0.05, 0) is 26.0 Å². The monoisotopic (exact) mass is 276 g/mol. The number of nitrogens with one attached hydrogen (secondary N) is 2. The van der Waals surface area contributed by atoms with Gasteiger partial charge < -0.3 is 15.2 Å². The van der Waals surface area contributed by atoms with Crippen molar-refractivity contribution in [3.8, 4) is 11.5 Å². The van der Waals surface area contributed by atoms with E-state index in [9.17, 15) is 5.11 Å². The molecule has 6 nitrogen and oxygen atoms in total. The van der Waals surface area contributed by atoms with Gasteiger partial charge in [0, 0.05) is 18.5 Å². The SMILES string of the molecule is CCOc1cccc(CNCCCc2ncn[nH]2)c1O. The molecule has 6 heteroatoms. The number of aromatic nitrogens is 3. The maximum atomic E-state index is 10.0. The summed E-state index contributed by atoms with van der Waals surface area (Å²) in [7, 11) is 0. The largest absolute Gasteiger partial charge is 0.504 e. The van der Waals surface area contributed by atoms with Gasteiger partial charge in [-0.2, -0.15) is 5.10 Å². The van der Waals surface area contributed by atoms with Crippen molar-refractivity contribution >= 4 is 0 Å². The lowest BCUT2D eigenvalue weighted by Crippen LogP contribution is -2.15. The summed E-state index contributed by atoms with van der Waals surface area (Å²) in [5.74, 6) is 1.65. The number of nitrogens with zero attached hydrogens (tertiary/aromatic N) is 2. The highest BCUT2D eigenvalue weighted by Gasteiger charge is 2.07. The van der Waals surface area contributed by atoms with Crippen LogP contribution in [0.15, 0.2) is 24.5 Å². The van der Waals surface area contributed by atoms with Crippen LogP contribution in [0.2, 0.25) is 0 Å². The fourth-order valence-corrected chi connectivity index (χ4v) is 1.94. The van der Waals surface area contributed by atoms with Crippen LogP contribution in [0.4, 0.5) is 0 Å². The van der Waals surface area contributed by atoms with Gasteiger partial charge in [0.25, 0.3) is 0 Å². The Labute approximate surface area is 118 Å². The third kappa shape index (κ3) is 3.96. The predicted octanol–water partition coefficient (Wildman–Crippen LogP) is 1.63. The van der Waals surface area contributed by atoms with E-state index in [4.69, 9.17) is 4.74 Å². The topological polar surface area (TPSA) is 83.1 Å².